The van der Waals surface area contributed by atoms with Gasteiger partial charge in [0.1, 0.15) is 4.90 Å². The van der Waals surface area contributed by atoms with Crippen LogP contribution in [0.5, 0.6) is 0 Å². The van der Waals surface area contributed by atoms with E-state index in [1.807, 2.05) is 28.1 Å². The van der Waals surface area contributed by atoms with Crippen molar-refractivity contribution in [1.29, 1.82) is 0 Å². The molecule has 0 unspecified atom stereocenters. The Hall–Kier alpha value is -2.06. The van der Waals surface area contributed by atoms with Crippen LogP contribution in [-0.4, -0.2) is 38.8 Å². The summed E-state index contributed by atoms with van der Waals surface area (Å²) in [5, 5.41) is 2.74. The number of nitrogens with one attached hydrogen (secondary N) is 2. The summed E-state index contributed by atoms with van der Waals surface area (Å²) in [7, 11) is -3.32. The average Bonchev–Trinajstić information content (AvgIpc) is 2.73. The minimum atomic E-state index is -4.48. The van der Waals surface area contributed by atoms with Crippen molar-refractivity contribution in [3.05, 3.63) is 75.4 Å². The molecule has 0 radical (unpaired) electrons. The smallest absolute Gasteiger partial charge is 0.277 e. The molecule has 0 saturated heterocycles. The van der Waals surface area contributed by atoms with Crippen molar-refractivity contribution >= 4 is 61.5 Å². The molecule has 32 heavy (non-hydrogen) atoms. The molecular weight excluding hydrogens is 579 g/mol. The Balaban J connectivity index is 2.68. The van der Waals surface area contributed by atoms with Gasteiger partial charge < -0.3 is 5.32 Å². The monoisotopic (exact) mass is 597 g/mol. The molecule has 0 aromatic heterocycles. The SMILES string of the molecule is C=CCONC(=O)c1cc(S(=O)(=O)N(C)CC=C)c(F)c(F)c1Nc1ccc(I)cc1Cl. The molecule has 1 amide bonds. The first-order chi connectivity index (χ1) is 15.0. The minimum absolute atomic E-state index is 0.0750. The second kappa shape index (κ2) is 11.2. The van der Waals surface area contributed by atoms with E-state index < -0.39 is 43.7 Å². The molecule has 0 heterocycles. The van der Waals surface area contributed by atoms with Gasteiger partial charge >= 0.3 is 0 Å². The molecule has 2 aromatic carbocycles. The molecule has 2 aromatic rings. The molecule has 12 heteroatoms. The summed E-state index contributed by atoms with van der Waals surface area (Å²) in [6.07, 6.45) is 2.62. The molecule has 2 N–H and O–H groups in total. The zero-order chi connectivity index (χ0) is 24.1. The summed E-state index contributed by atoms with van der Waals surface area (Å²) < 4.78 is 57.1. The quantitative estimate of drug-likeness (QED) is 0.181. The number of hydroxylamine groups is 1. The standard InChI is InChI=1S/C20H19ClF2IN3O4S/c1-4-8-27(3)32(29,30)16-11-13(20(28)26-31-9-5-2)19(18(23)17(16)22)25-15-7-6-12(24)10-14(15)21/h4-7,10-11,25H,1-2,8-9H2,3H3,(H,26,28). The maximum absolute atomic E-state index is 15.1. The van der Waals surface area contributed by atoms with Crippen molar-refractivity contribution in [2.75, 3.05) is 25.5 Å². The van der Waals surface area contributed by atoms with E-state index in [1.54, 1.807) is 12.1 Å². The fraction of sp³-hybridized carbons (Fsp3) is 0.150. The first kappa shape index (κ1) is 26.2. The second-order valence-corrected chi connectivity index (χ2v) is 9.95. The van der Waals surface area contributed by atoms with Crippen molar-refractivity contribution in [3.63, 3.8) is 0 Å². The minimum Gasteiger partial charge on any atom is -0.351 e. The number of halogens is 4. The van der Waals surface area contributed by atoms with Crippen LogP contribution in [0.2, 0.25) is 5.02 Å². The van der Waals surface area contributed by atoms with Crippen molar-refractivity contribution < 1.29 is 26.8 Å². The van der Waals surface area contributed by atoms with E-state index in [2.05, 4.69) is 18.5 Å². The van der Waals surface area contributed by atoms with Crippen LogP contribution in [0.25, 0.3) is 0 Å². The third-order valence-corrected chi connectivity index (χ3v) is 6.86. The lowest BCUT2D eigenvalue weighted by atomic mass is 10.1. The van der Waals surface area contributed by atoms with Gasteiger partial charge in [-0.2, -0.15) is 4.31 Å². The molecule has 2 rings (SSSR count). The van der Waals surface area contributed by atoms with E-state index in [-0.39, 0.29) is 23.9 Å². The highest BCUT2D eigenvalue weighted by Crippen LogP contribution is 2.34. The number of hydrogen-bond acceptors (Lipinski definition) is 5. The molecule has 0 saturated carbocycles. The van der Waals surface area contributed by atoms with Crippen LogP contribution in [0, 0.1) is 15.2 Å². The van der Waals surface area contributed by atoms with Gasteiger partial charge in [-0.3, -0.25) is 9.63 Å². The summed E-state index contributed by atoms with van der Waals surface area (Å²) >= 11 is 8.17. The van der Waals surface area contributed by atoms with Crippen molar-refractivity contribution in [2.24, 2.45) is 0 Å². The Morgan fingerprint density at radius 3 is 2.53 bits per heavy atom. The average molecular weight is 598 g/mol. The normalized spacial score (nSPS) is 11.3. The molecule has 0 spiro atoms. The molecule has 0 aliphatic heterocycles. The lowest BCUT2D eigenvalue weighted by molar-refractivity contribution is 0.0422. The Labute approximate surface area is 203 Å². The van der Waals surface area contributed by atoms with Crippen molar-refractivity contribution in [1.82, 2.24) is 9.79 Å². The largest absolute Gasteiger partial charge is 0.351 e. The topological polar surface area (TPSA) is 87.7 Å². The van der Waals surface area contributed by atoms with E-state index in [9.17, 15) is 17.6 Å². The van der Waals surface area contributed by atoms with Gasteiger partial charge in [0.25, 0.3) is 5.91 Å². The number of hydrogen-bond donors (Lipinski definition) is 2. The number of benzene rings is 2. The highest BCUT2D eigenvalue weighted by molar-refractivity contribution is 14.1. The number of amides is 1. The number of carbonyl (C=O) groups is 1. The maximum Gasteiger partial charge on any atom is 0.277 e. The zero-order valence-electron chi connectivity index (χ0n) is 16.8. The molecular formula is C20H19ClF2IN3O4S. The van der Waals surface area contributed by atoms with Crippen LogP contribution in [0.1, 0.15) is 10.4 Å². The lowest BCUT2D eigenvalue weighted by Crippen LogP contribution is -2.30. The van der Waals surface area contributed by atoms with Crippen LogP contribution in [-0.2, 0) is 14.9 Å². The maximum atomic E-state index is 15.1. The van der Waals surface area contributed by atoms with Gasteiger partial charge in [-0.05, 0) is 46.9 Å². The molecule has 0 fully saturated rings. The highest BCUT2D eigenvalue weighted by atomic mass is 127. The van der Waals surface area contributed by atoms with E-state index >= 15 is 4.39 Å². The summed E-state index contributed by atoms with van der Waals surface area (Å²) in [5.41, 5.74) is 1.07. The van der Waals surface area contributed by atoms with Gasteiger partial charge in [0.05, 0.1) is 28.6 Å². The van der Waals surface area contributed by atoms with Crippen LogP contribution in [0.3, 0.4) is 0 Å². The number of nitrogens with zero attached hydrogens (tertiary/aromatic N) is 1. The molecule has 172 valence electrons. The van der Waals surface area contributed by atoms with Crippen LogP contribution in [0.15, 0.2) is 54.5 Å². The predicted molar refractivity (Wildman–Crippen MR) is 127 cm³/mol. The molecule has 0 atom stereocenters. The van der Waals surface area contributed by atoms with Gasteiger partial charge in [-0.25, -0.2) is 22.7 Å². The molecule has 0 bridgehead atoms. The molecule has 0 aliphatic rings. The van der Waals surface area contributed by atoms with Gasteiger partial charge in [0.15, 0.2) is 11.6 Å². The van der Waals surface area contributed by atoms with Gasteiger partial charge in [0.2, 0.25) is 10.0 Å². The van der Waals surface area contributed by atoms with Crippen molar-refractivity contribution in [3.8, 4) is 0 Å². The highest BCUT2D eigenvalue weighted by Gasteiger charge is 2.31. The Kier molecular flexibility index (Phi) is 9.16. The van der Waals surface area contributed by atoms with Gasteiger partial charge in [-0.1, -0.05) is 23.8 Å². The Morgan fingerprint density at radius 1 is 1.25 bits per heavy atom. The summed E-state index contributed by atoms with van der Waals surface area (Å²) in [5.74, 6) is -4.26. The lowest BCUT2D eigenvalue weighted by Gasteiger charge is -2.19. The third-order valence-electron chi connectivity index (χ3n) is 4.05. The van der Waals surface area contributed by atoms with Gasteiger partial charge in [0, 0.05) is 17.2 Å². The van der Waals surface area contributed by atoms with Gasteiger partial charge in [-0.15, -0.1) is 13.2 Å². The molecule has 7 nitrogen and oxygen atoms in total. The predicted octanol–water partition coefficient (Wildman–Crippen LogP) is 4.62. The van der Waals surface area contributed by atoms with Crippen LogP contribution >= 0.6 is 34.2 Å². The first-order valence-electron chi connectivity index (χ1n) is 8.88. The number of likely N-dealkylation sites (N-methyl/N-ethyl adjacent to an activating group) is 1. The first-order valence-corrected chi connectivity index (χ1v) is 11.8. The van der Waals surface area contributed by atoms with E-state index in [0.29, 0.717) is 0 Å². The summed E-state index contributed by atoms with van der Waals surface area (Å²) in [6, 6.07) is 5.44. The molecule has 0 aliphatic carbocycles. The number of anilines is 2. The van der Waals surface area contributed by atoms with Crippen molar-refractivity contribution in [2.45, 2.75) is 4.90 Å². The summed E-state index contributed by atoms with van der Waals surface area (Å²) in [6.45, 7) is 6.61. The zero-order valence-corrected chi connectivity index (χ0v) is 20.5. The number of sulfonamides is 1. The van der Waals surface area contributed by atoms with E-state index in [0.717, 1.165) is 13.9 Å². The van der Waals surface area contributed by atoms with Crippen LogP contribution < -0.4 is 10.8 Å². The summed E-state index contributed by atoms with van der Waals surface area (Å²) in [4.78, 5) is 16.5. The fourth-order valence-electron chi connectivity index (χ4n) is 2.49. The fourth-order valence-corrected chi connectivity index (χ4v) is 4.61. The Bertz CT molecular complexity index is 1160. The Morgan fingerprint density at radius 2 is 1.94 bits per heavy atom. The van der Waals surface area contributed by atoms with E-state index in [4.69, 9.17) is 16.4 Å². The third kappa shape index (κ3) is 5.84. The number of rotatable bonds is 10. The van der Waals surface area contributed by atoms with Crippen LogP contribution in [0.4, 0.5) is 20.2 Å². The second-order valence-electron chi connectivity index (χ2n) is 6.28. The van der Waals surface area contributed by atoms with E-state index in [1.165, 1.54) is 25.3 Å². The number of carbonyl (C=O) groups excluding carboxylic acids is 1.